The summed E-state index contributed by atoms with van der Waals surface area (Å²) in [6.45, 7) is 10.0. The van der Waals surface area contributed by atoms with Crippen molar-refractivity contribution in [3.63, 3.8) is 0 Å². The number of carbonyl (C=O) groups is 4. The molecule has 2 fully saturated rings. The average molecular weight is 382 g/mol. The number of ether oxygens (including phenoxy) is 1. The molecule has 2 aliphatic heterocycles. The topological polar surface area (TPSA) is 133 Å². The van der Waals surface area contributed by atoms with Crippen molar-refractivity contribution >= 4 is 23.8 Å². The minimum atomic E-state index is -1.38. The Labute approximate surface area is 157 Å². The molecule has 27 heavy (non-hydrogen) atoms. The highest BCUT2D eigenvalue weighted by Gasteiger charge is 2.62. The molecule has 2 saturated heterocycles. The van der Waals surface area contributed by atoms with Crippen molar-refractivity contribution in [2.24, 2.45) is 5.73 Å². The molecule has 0 saturated carbocycles. The molecule has 2 atom stereocenters. The van der Waals surface area contributed by atoms with Crippen molar-refractivity contribution in [1.29, 1.82) is 0 Å². The maximum absolute atomic E-state index is 13.0. The number of aliphatic hydroxyl groups is 1. The van der Waals surface area contributed by atoms with Gasteiger partial charge in [0.1, 0.15) is 11.4 Å². The summed E-state index contributed by atoms with van der Waals surface area (Å²) in [5.41, 5.74) is 3.23. The van der Waals surface area contributed by atoms with Gasteiger partial charge in [-0.1, -0.05) is 6.58 Å². The maximum atomic E-state index is 13.0. The van der Waals surface area contributed by atoms with Crippen LogP contribution in [0.25, 0.3) is 0 Å². The van der Waals surface area contributed by atoms with Crippen LogP contribution in [0.1, 0.15) is 27.7 Å². The van der Waals surface area contributed by atoms with E-state index in [1.807, 2.05) is 0 Å². The molecule has 0 aromatic carbocycles. The van der Waals surface area contributed by atoms with Gasteiger partial charge < -0.3 is 30.3 Å². The van der Waals surface area contributed by atoms with E-state index < -0.39 is 40.8 Å². The van der Waals surface area contributed by atoms with E-state index in [0.717, 1.165) is 4.90 Å². The van der Waals surface area contributed by atoms with Gasteiger partial charge in [0, 0.05) is 20.0 Å². The number of carbonyl (C=O) groups excluding carboxylic acids is 4. The zero-order valence-electron chi connectivity index (χ0n) is 16.0. The van der Waals surface area contributed by atoms with Gasteiger partial charge in [-0.25, -0.2) is 4.79 Å². The number of nitrogens with two attached hydrogens (primary N) is 1. The van der Waals surface area contributed by atoms with E-state index in [1.54, 1.807) is 20.8 Å². The molecular formula is C17H26N4O6. The molecule has 0 bridgehead atoms. The molecule has 1 spiro atoms. The lowest BCUT2D eigenvalue weighted by molar-refractivity contribution is -0.181. The van der Waals surface area contributed by atoms with Crippen LogP contribution in [-0.2, 0) is 19.1 Å². The Morgan fingerprint density at radius 3 is 2.26 bits per heavy atom. The second-order valence-corrected chi connectivity index (χ2v) is 7.83. The summed E-state index contributed by atoms with van der Waals surface area (Å²) in [7, 11) is 0. The Balaban J connectivity index is 2.27. The van der Waals surface area contributed by atoms with Crippen molar-refractivity contribution in [2.45, 2.75) is 44.9 Å². The van der Waals surface area contributed by atoms with Crippen LogP contribution in [0.15, 0.2) is 12.3 Å². The largest absolute Gasteiger partial charge is 0.510 e. The van der Waals surface area contributed by atoms with Crippen LogP contribution in [0.3, 0.4) is 0 Å². The zero-order chi connectivity index (χ0) is 20.7. The highest BCUT2D eigenvalue weighted by molar-refractivity contribution is 6.01. The third-order valence-electron chi connectivity index (χ3n) is 4.58. The normalized spacial score (nSPS) is 23.7. The van der Waals surface area contributed by atoms with Crippen molar-refractivity contribution < 1.29 is 29.0 Å². The molecule has 10 heteroatoms. The predicted octanol–water partition coefficient (Wildman–Crippen LogP) is -0.408. The lowest BCUT2D eigenvalue weighted by atomic mass is 9.82. The van der Waals surface area contributed by atoms with E-state index in [-0.39, 0.29) is 32.1 Å². The number of likely N-dealkylation sites (tertiary alicyclic amines) is 1. The van der Waals surface area contributed by atoms with E-state index in [0.29, 0.717) is 0 Å². The van der Waals surface area contributed by atoms with E-state index in [9.17, 15) is 24.3 Å². The minimum Gasteiger partial charge on any atom is -0.510 e. The van der Waals surface area contributed by atoms with Gasteiger partial charge in [-0.2, -0.15) is 0 Å². The third kappa shape index (κ3) is 3.69. The van der Waals surface area contributed by atoms with Gasteiger partial charge in [-0.15, -0.1) is 0 Å². The highest BCUT2D eigenvalue weighted by Crippen LogP contribution is 2.36. The number of rotatable bonds is 3. The smallest absolute Gasteiger partial charge is 0.410 e. The summed E-state index contributed by atoms with van der Waals surface area (Å²) in [6.07, 6.45) is -0.589. The molecule has 0 radical (unpaired) electrons. The highest BCUT2D eigenvalue weighted by atomic mass is 16.6. The summed E-state index contributed by atoms with van der Waals surface area (Å²) in [6, 6.07) is -1.38. The molecule has 0 aromatic heterocycles. The fourth-order valence-corrected chi connectivity index (χ4v) is 3.48. The van der Waals surface area contributed by atoms with Crippen molar-refractivity contribution in [3.05, 3.63) is 12.3 Å². The summed E-state index contributed by atoms with van der Waals surface area (Å²) < 4.78 is 5.35. The molecule has 2 rings (SSSR count). The fraction of sp³-hybridized carbons (Fsp3) is 0.647. The Kier molecular flexibility index (Phi) is 5.13. The molecule has 150 valence electrons. The van der Waals surface area contributed by atoms with E-state index in [1.165, 1.54) is 16.7 Å². The van der Waals surface area contributed by atoms with Gasteiger partial charge in [-0.3, -0.25) is 14.4 Å². The van der Waals surface area contributed by atoms with E-state index >= 15 is 0 Å². The van der Waals surface area contributed by atoms with Crippen LogP contribution in [0, 0.1) is 0 Å². The quantitative estimate of drug-likeness (QED) is 0.504. The first-order valence-electron chi connectivity index (χ1n) is 8.54. The average Bonchev–Trinajstić information content (AvgIpc) is 2.51. The molecular weight excluding hydrogens is 356 g/mol. The molecule has 3 N–H and O–H groups in total. The SMILES string of the molecule is C=C(O)[C@@H](C(N)=O)N1CC2(CN(C(=O)OC(C)(C)C)CCN2C(C)=O)C1=O. The number of aliphatic hydroxyl groups excluding tert-OH is 1. The van der Waals surface area contributed by atoms with Gasteiger partial charge in [0.2, 0.25) is 11.8 Å². The van der Waals surface area contributed by atoms with Gasteiger partial charge in [0.15, 0.2) is 11.6 Å². The van der Waals surface area contributed by atoms with Crippen LogP contribution in [0.5, 0.6) is 0 Å². The first kappa shape index (κ1) is 20.5. The van der Waals surface area contributed by atoms with Crippen LogP contribution in [-0.4, -0.2) is 87.0 Å². The summed E-state index contributed by atoms with van der Waals surface area (Å²) in [4.78, 5) is 52.8. The fourth-order valence-electron chi connectivity index (χ4n) is 3.48. The third-order valence-corrected chi connectivity index (χ3v) is 4.58. The van der Waals surface area contributed by atoms with E-state index in [2.05, 4.69) is 6.58 Å². The molecule has 4 amide bonds. The van der Waals surface area contributed by atoms with Crippen molar-refractivity contribution in [2.75, 3.05) is 26.2 Å². The number of primary amides is 1. The first-order valence-corrected chi connectivity index (χ1v) is 8.54. The molecule has 10 nitrogen and oxygen atoms in total. The van der Waals surface area contributed by atoms with Crippen molar-refractivity contribution in [1.82, 2.24) is 14.7 Å². The Bertz CT molecular complexity index is 686. The number of β-lactam (4-membered cyclic amide) rings is 1. The second-order valence-electron chi connectivity index (χ2n) is 7.83. The molecule has 2 aliphatic rings. The predicted molar refractivity (Wildman–Crippen MR) is 94.4 cm³/mol. The number of hydrogen-bond donors (Lipinski definition) is 2. The minimum absolute atomic E-state index is 0.0576. The number of nitrogens with zero attached hydrogens (tertiary/aromatic N) is 3. The monoisotopic (exact) mass is 382 g/mol. The van der Waals surface area contributed by atoms with Crippen LogP contribution in [0.2, 0.25) is 0 Å². The molecule has 0 aliphatic carbocycles. The van der Waals surface area contributed by atoms with Crippen LogP contribution < -0.4 is 5.73 Å². The first-order chi connectivity index (χ1) is 12.3. The number of piperazine rings is 1. The molecule has 2 heterocycles. The number of amides is 4. The van der Waals surface area contributed by atoms with Gasteiger partial charge in [0.25, 0.3) is 5.91 Å². The lowest BCUT2D eigenvalue weighted by Gasteiger charge is -2.58. The van der Waals surface area contributed by atoms with Crippen LogP contribution in [0.4, 0.5) is 4.79 Å². The summed E-state index contributed by atoms with van der Waals surface area (Å²) in [5.74, 6) is -2.39. The zero-order valence-corrected chi connectivity index (χ0v) is 16.0. The van der Waals surface area contributed by atoms with Gasteiger partial charge >= 0.3 is 6.09 Å². The molecule has 1 unspecified atom stereocenters. The standard InChI is InChI=1S/C17H26N4O6/c1-10(22)12(13(18)24)20-9-17(14(20)25)8-19(6-7-21(17)11(2)23)15(26)27-16(3,4)5/h12,22H,1,6-9H2,2-5H3,(H2,18,24)/t12-,17?/m0/s1. The lowest BCUT2D eigenvalue weighted by Crippen LogP contribution is -2.83. The number of hydrogen-bond acceptors (Lipinski definition) is 6. The Morgan fingerprint density at radius 1 is 1.26 bits per heavy atom. The Hall–Kier alpha value is -2.78. The molecule has 0 aromatic rings. The van der Waals surface area contributed by atoms with Crippen molar-refractivity contribution in [3.8, 4) is 0 Å². The van der Waals surface area contributed by atoms with Gasteiger partial charge in [0.05, 0.1) is 13.1 Å². The summed E-state index contributed by atoms with van der Waals surface area (Å²) in [5, 5.41) is 9.61. The second kappa shape index (κ2) is 6.75. The van der Waals surface area contributed by atoms with Crippen LogP contribution >= 0.6 is 0 Å². The maximum Gasteiger partial charge on any atom is 0.410 e. The van der Waals surface area contributed by atoms with Gasteiger partial charge in [-0.05, 0) is 20.8 Å². The Morgan fingerprint density at radius 2 is 1.85 bits per heavy atom. The summed E-state index contributed by atoms with van der Waals surface area (Å²) >= 11 is 0. The van der Waals surface area contributed by atoms with E-state index in [4.69, 9.17) is 10.5 Å².